The molecule has 0 aliphatic rings. The molecule has 0 atom stereocenters. The number of alkyl halides is 1. The SMILES string of the molecule is CCCCCOc1ccc(/C=C(/C(=O)Nc2nc(CCl)cs2)c2ccccc2)cc1OC. The van der Waals surface area contributed by atoms with Crippen molar-refractivity contribution in [3.05, 3.63) is 70.7 Å². The summed E-state index contributed by atoms with van der Waals surface area (Å²) >= 11 is 7.18. The smallest absolute Gasteiger partial charge is 0.258 e. The van der Waals surface area contributed by atoms with Crippen molar-refractivity contribution in [3.8, 4) is 11.5 Å². The average molecular weight is 471 g/mol. The lowest BCUT2D eigenvalue weighted by molar-refractivity contribution is -0.111. The number of ether oxygens (including phenoxy) is 2. The summed E-state index contributed by atoms with van der Waals surface area (Å²) in [6, 6.07) is 15.2. The summed E-state index contributed by atoms with van der Waals surface area (Å²) in [4.78, 5) is 17.5. The van der Waals surface area contributed by atoms with Gasteiger partial charge in [-0.15, -0.1) is 22.9 Å². The molecule has 7 heteroatoms. The molecule has 0 aliphatic heterocycles. The van der Waals surface area contributed by atoms with Crippen molar-refractivity contribution in [2.75, 3.05) is 19.0 Å². The Labute approximate surface area is 198 Å². The molecule has 0 bridgehead atoms. The van der Waals surface area contributed by atoms with Crippen LogP contribution in [0.25, 0.3) is 11.6 Å². The summed E-state index contributed by atoms with van der Waals surface area (Å²) in [6.45, 7) is 2.81. The van der Waals surface area contributed by atoms with Gasteiger partial charge in [0.05, 0.1) is 25.3 Å². The van der Waals surface area contributed by atoms with Gasteiger partial charge >= 0.3 is 0 Å². The number of hydrogen-bond acceptors (Lipinski definition) is 5. The minimum atomic E-state index is -0.245. The molecule has 3 rings (SSSR count). The highest BCUT2D eigenvalue weighted by atomic mass is 35.5. The highest BCUT2D eigenvalue weighted by Crippen LogP contribution is 2.30. The van der Waals surface area contributed by atoms with E-state index in [9.17, 15) is 4.79 Å². The van der Waals surface area contributed by atoms with Crippen LogP contribution in [-0.2, 0) is 10.7 Å². The number of amides is 1. The molecular formula is C25H27ClN2O3S. The number of nitrogens with zero attached hydrogens (tertiary/aromatic N) is 1. The monoisotopic (exact) mass is 470 g/mol. The van der Waals surface area contributed by atoms with Gasteiger partial charge in [-0.25, -0.2) is 4.98 Å². The second-order valence-electron chi connectivity index (χ2n) is 7.12. The van der Waals surface area contributed by atoms with E-state index in [4.69, 9.17) is 21.1 Å². The van der Waals surface area contributed by atoms with E-state index in [0.29, 0.717) is 34.7 Å². The molecule has 1 aromatic heterocycles. The van der Waals surface area contributed by atoms with Crippen molar-refractivity contribution < 1.29 is 14.3 Å². The normalized spacial score (nSPS) is 11.3. The maximum Gasteiger partial charge on any atom is 0.258 e. The summed E-state index contributed by atoms with van der Waals surface area (Å²) in [6.07, 6.45) is 5.11. The number of anilines is 1. The zero-order valence-corrected chi connectivity index (χ0v) is 19.8. The molecule has 0 aliphatic carbocycles. The van der Waals surface area contributed by atoms with E-state index < -0.39 is 0 Å². The van der Waals surface area contributed by atoms with Crippen molar-refractivity contribution in [2.45, 2.75) is 32.1 Å². The quantitative estimate of drug-likeness (QED) is 0.148. The molecule has 0 unspecified atom stereocenters. The van der Waals surface area contributed by atoms with E-state index in [2.05, 4.69) is 17.2 Å². The number of nitrogens with one attached hydrogen (secondary N) is 1. The van der Waals surface area contributed by atoms with Gasteiger partial charge < -0.3 is 9.47 Å². The Kier molecular flexibility index (Phi) is 9.13. The van der Waals surface area contributed by atoms with Crippen molar-refractivity contribution in [1.29, 1.82) is 0 Å². The van der Waals surface area contributed by atoms with E-state index in [1.54, 1.807) is 7.11 Å². The number of benzene rings is 2. The van der Waals surface area contributed by atoms with E-state index in [-0.39, 0.29) is 5.91 Å². The van der Waals surface area contributed by atoms with Crippen molar-refractivity contribution in [1.82, 2.24) is 4.98 Å². The lowest BCUT2D eigenvalue weighted by Gasteiger charge is -2.12. The molecule has 2 aromatic carbocycles. The summed E-state index contributed by atoms with van der Waals surface area (Å²) in [7, 11) is 1.61. The van der Waals surface area contributed by atoms with Gasteiger partial charge in [0.25, 0.3) is 5.91 Å². The number of carbonyl (C=O) groups is 1. The zero-order valence-electron chi connectivity index (χ0n) is 18.3. The Hall–Kier alpha value is -2.83. The number of methoxy groups -OCH3 is 1. The maximum atomic E-state index is 13.1. The predicted octanol–water partition coefficient (Wildman–Crippen LogP) is 6.64. The highest BCUT2D eigenvalue weighted by molar-refractivity contribution is 7.14. The number of aromatic nitrogens is 1. The Morgan fingerprint density at radius 2 is 1.97 bits per heavy atom. The Balaban J connectivity index is 1.87. The molecule has 5 nitrogen and oxygen atoms in total. The fourth-order valence-electron chi connectivity index (χ4n) is 3.08. The molecule has 32 heavy (non-hydrogen) atoms. The zero-order chi connectivity index (χ0) is 22.8. The van der Waals surface area contributed by atoms with Crippen LogP contribution in [0.15, 0.2) is 53.9 Å². The third-order valence-electron chi connectivity index (χ3n) is 4.74. The van der Waals surface area contributed by atoms with Crippen LogP contribution in [0.3, 0.4) is 0 Å². The molecular weight excluding hydrogens is 444 g/mol. The third-order valence-corrected chi connectivity index (χ3v) is 5.82. The predicted molar refractivity (Wildman–Crippen MR) is 133 cm³/mol. The molecule has 1 heterocycles. The first-order valence-electron chi connectivity index (χ1n) is 10.5. The van der Waals surface area contributed by atoms with E-state index >= 15 is 0 Å². The van der Waals surface area contributed by atoms with Crippen LogP contribution in [0.1, 0.15) is 43.0 Å². The van der Waals surface area contributed by atoms with Gasteiger partial charge in [0, 0.05) is 11.0 Å². The topological polar surface area (TPSA) is 60.5 Å². The second kappa shape index (κ2) is 12.3. The molecule has 0 fully saturated rings. The van der Waals surface area contributed by atoms with Gasteiger partial charge in [0.2, 0.25) is 0 Å². The number of carbonyl (C=O) groups excluding carboxylic acids is 1. The first-order valence-corrected chi connectivity index (χ1v) is 12.0. The molecule has 0 spiro atoms. The summed E-state index contributed by atoms with van der Waals surface area (Å²) in [5.74, 6) is 1.39. The lowest BCUT2D eigenvalue weighted by atomic mass is 10.0. The number of rotatable bonds is 11. The fourth-order valence-corrected chi connectivity index (χ4v) is 4.02. The van der Waals surface area contributed by atoms with Crippen LogP contribution >= 0.6 is 22.9 Å². The van der Waals surface area contributed by atoms with Crippen LogP contribution in [0, 0.1) is 0 Å². The maximum absolute atomic E-state index is 13.1. The van der Waals surface area contributed by atoms with Crippen molar-refractivity contribution in [3.63, 3.8) is 0 Å². The molecule has 168 valence electrons. The minimum Gasteiger partial charge on any atom is -0.493 e. The van der Waals surface area contributed by atoms with Crippen LogP contribution in [0.2, 0.25) is 0 Å². The van der Waals surface area contributed by atoms with Gasteiger partial charge in [-0.05, 0) is 35.8 Å². The number of thiazole rings is 1. The molecule has 3 aromatic rings. The number of halogens is 1. The van der Waals surface area contributed by atoms with Crippen molar-refractivity contribution >= 4 is 45.6 Å². The fraction of sp³-hybridized carbons (Fsp3) is 0.280. The van der Waals surface area contributed by atoms with Crippen LogP contribution in [0.5, 0.6) is 11.5 Å². The molecule has 1 amide bonds. The number of unbranched alkanes of at least 4 members (excludes halogenated alkanes) is 2. The van der Waals surface area contributed by atoms with Gasteiger partial charge in [0.15, 0.2) is 16.6 Å². The Morgan fingerprint density at radius 3 is 2.66 bits per heavy atom. The standard InChI is InChI=1S/C25H27ClN2O3S/c1-3-4-8-13-31-22-12-11-18(15-23(22)30-2)14-21(19-9-6-5-7-10-19)24(29)28-25-27-20(16-26)17-32-25/h5-7,9-12,14-15,17H,3-4,8,13,16H2,1-2H3,(H,27,28,29)/b21-14+. The molecule has 0 saturated heterocycles. The van der Waals surface area contributed by atoms with E-state index in [1.807, 2.05) is 60.0 Å². The minimum absolute atomic E-state index is 0.245. The number of hydrogen-bond donors (Lipinski definition) is 1. The van der Waals surface area contributed by atoms with Crippen LogP contribution < -0.4 is 14.8 Å². The summed E-state index contributed by atoms with van der Waals surface area (Å²) in [5.41, 5.74) is 2.89. The van der Waals surface area contributed by atoms with E-state index in [0.717, 1.165) is 36.1 Å². The molecule has 0 radical (unpaired) electrons. The first kappa shape index (κ1) is 23.8. The van der Waals surface area contributed by atoms with Crippen LogP contribution in [0.4, 0.5) is 5.13 Å². The van der Waals surface area contributed by atoms with E-state index in [1.165, 1.54) is 11.3 Å². The first-order chi connectivity index (χ1) is 15.6. The van der Waals surface area contributed by atoms with Gasteiger partial charge in [-0.2, -0.15) is 0 Å². The lowest BCUT2D eigenvalue weighted by Crippen LogP contribution is -2.13. The largest absolute Gasteiger partial charge is 0.493 e. The molecule has 1 N–H and O–H groups in total. The third kappa shape index (κ3) is 6.58. The van der Waals surface area contributed by atoms with Gasteiger partial charge in [-0.3, -0.25) is 10.1 Å². The summed E-state index contributed by atoms with van der Waals surface area (Å²) < 4.78 is 11.4. The summed E-state index contributed by atoms with van der Waals surface area (Å²) in [5, 5.41) is 5.23. The van der Waals surface area contributed by atoms with Crippen molar-refractivity contribution in [2.24, 2.45) is 0 Å². The van der Waals surface area contributed by atoms with Gasteiger partial charge in [-0.1, -0.05) is 56.2 Å². The van der Waals surface area contributed by atoms with Crippen LogP contribution in [-0.4, -0.2) is 24.6 Å². The molecule has 0 saturated carbocycles. The Morgan fingerprint density at radius 1 is 1.16 bits per heavy atom. The van der Waals surface area contributed by atoms with Gasteiger partial charge in [0.1, 0.15) is 0 Å². The highest BCUT2D eigenvalue weighted by Gasteiger charge is 2.15. The Bertz CT molecular complexity index is 1050. The second-order valence-corrected chi connectivity index (χ2v) is 8.25. The average Bonchev–Trinajstić information content (AvgIpc) is 3.28.